The zero-order valence-electron chi connectivity index (χ0n) is 11.2. The number of amides is 2. The van der Waals surface area contributed by atoms with E-state index in [1.54, 1.807) is 0 Å². The smallest absolute Gasteiger partial charge is 0.269 e. The lowest BCUT2D eigenvalue weighted by molar-refractivity contribution is -0.384. The molecule has 0 spiro atoms. The Labute approximate surface area is 120 Å². The van der Waals surface area contributed by atoms with Gasteiger partial charge in [0.1, 0.15) is 0 Å². The third-order valence-corrected chi connectivity index (χ3v) is 2.58. The van der Waals surface area contributed by atoms with Crippen LogP contribution in [0.2, 0.25) is 0 Å². The van der Waals surface area contributed by atoms with Crippen LogP contribution in [0.15, 0.2) is 24.3 Å². The summed E-state index contributed by atoms with van der Waals surface area (Å²) in [5, 5.41) is 24.3. The van der Waals surface area contributed by atoms with Gasteiger partial charge in [-0.05, 0) is 12.1 Å². The third-order valence-electron chi connectivity index (χ3n) is 2.58. The number of benzene rings is 1. The molecule has 1 rings (SSSR count). The highest BCUT2D eigenvalue weighted by atomic mass is 16.6. The van der Waals surface area contributed by atoms with E-state index in [1.807, 2.05) is 0 Å². The topological polar surface area (TPSA) is 134 Å². The average Bonchev–Trinajstić information content (AvgIpc) is 2.50. The molecule has 21 heavy (non-hydrogen) atoms. The molecule has 0 radical (unpaired) electrons. The van der Waals surface area contributed by atoms with E-state index in [0.29, 0.717) is 25.2 Å². The molecule has 2 amide bonds. The molecule has 0 aromatic heterocycles. The van der Waals surface area contributed by atoms with Crippen molar-refractivity contribution < 1.29 is 19.7 Å². The van der Waals surface area contributed by atoms with Gasteiger partial charge < -0.3 is 10.6 Å². The summed E-state index contributed by atoms with van der Waals surface area (Å²) in [4.78, 5) is 32.3. The van der Waals surface area contributed by atoms with Crippen molar-refractivity contribution in [2.75, 3.05) is 19.6 Å². The van der Waals surface area contributed by atoms with Gasteiger partial charge >= 0.3 is 0 Å². The predicted octanol–water partition coefficient (Wildman–Crippen LogP) is -0.190. The second-order valence-electron chi connectivity index (χ2n) is 4.09. The molecular weight excluding hydrogens is 280 g/mol. The summed E-state index contributed by atoms with van der Waals surface area (Å²) in [6.07, 6.45) is 0.132. The second kappa shape index (κ2) is 8.61. The number of nitro groups is 1. The fraction of sp³-hybridized carbons (Fsp3) is 0.333. The van der Waals surface area contributed by atoms with E-state index in [1.165, 1.54) is 29.7 Å². The van der Waals surface area contributed by atoms with Gasteiger partial charge in [0, 0.05) is 43.8 Å². The molecule has 0 heterocycles. The van der Waals surface area contributed by atoms with Crippen molar-refractivity contribution in [3.8, 4) is 0 Å². The molecule has 0 saturated heterocycles. The van der Waals surface area contributed by atoms with Crippen molar-refractivity contribution in [3.05, 3.63) is 39.9 Å². The SMILES string of the molecule is O=C(CCNCCNC(=O)c1ccc([N+](=O)[O-])cc1)NO. The minimum atomic E-state index is -0.534. The monoisotopic (exact) mass is 296 g/mol. The maximum Gasteiger partial charge on any atom is 0.269 e. The van der Waals surface area contributed by atoms with E-state index in [4.69, 9.17) is 5.21 Å². The van der Waals surface area contributed by atoms with Gasteiger partial charge in [-0.25, -0.2) is 5.48 Å². The van der Waals surface area contributed by atoms with Crippen LogP contribution in [0.5, 0.6) is 0 Å². The summed E-state index contributed by atoms with van der Waals surface area (Å²) in [5.74, 6) is -0.822. The summed E-state index contributed by atoms with van der Waals surface area (Å²) in [6.45, 7) is 1.17. The molecule has 0 bridgehead atoms. The Bertz CT molecular complexity index is 503. The molecule has 4 N–H and O–H groups in total. The van der Waals surface area contributed by atoms with Crippen LogP contribution in [0, 0.1) is 10.1 Å². The van der Waals surface area contributed by atoms with Crippen molar-refractivity contribution >= 4 is 17.5 Å². The molecule has 0 aliphatic heterocycles. The molecule has 1 aromatic rings. The highest BCUT2D eigenvalue weighted by Gasteiger charge is 2.08. The maximum absolute atomic E-state index is 11.7. The number of hydrogen-bond donors (Lipinski definition) is 4. The quantitative estimate of drug-likeness (QED) is 0.227. The van der Waals surface area contributed by atoms with Crippen molar-refractivity contribution in [2.24, 2.45) is 0 Å². The van der Waals surface area contributed by atoms with Crippen LogP contribution in [0.25, 0.3) is 0 Å². The molecular formula is C12H16N4O5. The molecule has 0 saturated carbocycles. The summed E-state index contributed by atoms with van der Waals surface area (Å²) in [5.41, 5.74) is 1.77. The average molecular weight is 296 g/mol. The van der Waals surface area contributed by atoms with Crippen molar-refractivity contribution in [1.82, 2.24) is 16.1 Å². The van der Waals surface area contributed by atoms with Crippen molar-refractivity contribution in [2.45, 2.75) is 6.42 Å². The summed E-state index contributed by atoms with van der Waals surface area (Å²) in [6, 6.07) is 5.29. The number of carbonyl (C=O) groups excluding carboxylic acids is 2. The zero-order valence-corrected chi connectivity index (χ0v) is 11.2. The number of hydrogen-bond acceptors (Lipinski definition) is 6. The lowest BCUT2D eigenvalue weighted by atomic mass is 10.2. The van der Waals surface area contributed by atoms with Crippen LogP contribution in [-0.2, 0) is 4.79 Å². The van der Waals surface area contributed by atoms with E-state index in [9.17, 15) is 19.7 Å². The first-order chi connectivity index (χ1) is 10.0. The summed E-state index contributed by atoms with van der Waals surface area (Å²) >= 11 is 0. The number of non-ortho nitro benzene ring substituents is 1. The summed E-state index contributed by atoms with van der Waals surface area (Å²) in [7, 11) is 0. The molecule has 9 heteroatoms. The Morgan fingerprint density at radius 2 is 1.81 bits per heavy atom. The Morgan fingerprint density at radius 1 is 1.14 bits per heavy atom. The van der Waals surface area contributed by atoms with Gasteiger partial charge in [-0.2, -0.15) is 0 Å². The van der Waals surface area contributed by atoms with Crippen LogP contribution in [-0.4, -0.2) is 41.6 Å². The maximum atomic E-state index is 11.7. The van der Waals surface area contributed by atoms with Gasteiger partial charge in [0.05, 0.1) is 4.92 Å². The van der Waals surface area contributed by atoms with Gasteiger partial charge in [0.2, 0.25) is 5.91 Å². The highest BCUT2D eigenvalue weighted by molar-refractivity contribution is 5.94. The lowest BCUT2D eigenvalue weighted by Crippen LogP contribution is -2.33. The molecule has 1 aromatic carbocycles. The molecule has 0 unspecified atom stereocenters. The van der Waals surface area contributed by atoms with Crippen LogP contribution in [0.1, 0.15) is 16.8 Å². The van der Waals surface area contributed by atoms with Gasteiger partial charge in [0.15, 0.2) is 0 Å². The highest BCUT2D eigenvalue weighted by Crippen LogP contribution is 2.11. The van der Waals surface area contributed by atoms with Crippen LogP contribution >= 0.6 is 0 Å². The molecule has 0 fully saturated rings. The molecule has 0 atom stereocenters. The number of nitro benzene ring substituents is 1. The molecule has 9 nitrogen and oxygen atoms in total. The zero-order chi connectivity index (χ0) is 15.7. The first-order valence-corrected chi connectivity index (χ1v) is 6.21. The summed E-state index contributed by atoms with van der Waals surface area (Å²) < 4.78 is 0. The van der Waals surface area contributed by atoms with Crippen LogP contribution in [0.3, 0.4) is 0 Å². The van der Waals surface area contributed by atoms with E-state index < -0.39 is 10.8 Å². The number of carbonyl (C=O) groups is 2. The lowest BCUT2D eigenvalue weighted by Gasteiger charge is -2.06. The Morgan fingerprint density at radius 3 is 2.38 bits per heavy atom. The van der Waals surface area contributed by atoms with Crippen molar-refractivity contribution in [1.29, 1.82) is 0 Å². The van der Waals surface area contributed by atoms with E-state index >= 15 is 0 Å². The van der Waals surface area contributed by atoms with Gasteiger partial charge in [-0.1, -0.05) is 0 Å². The second-order valence-corrected chi connectivity index (χ2v) is 4.09. The van der Waals surface area contributed by atoms with Gasteiger partial charge in [-0.15, -0.1) is 0 Å². The van der Waals surface area contributed by atoms with Crippen LogP contribution in [0.4, 0.5) is 5.69 Å². The van der Waals surface area contributed by atoms with E-state index in [0.717, 1.165) is 0 Å². The van der Waals surface area contributed by atoms with Gasteiger partial charge in [0.25, 0.3) is 11.6 Å². The molecule has 114 valence electrons. The molecule has 0 aliphatic carbocycles. The standard InChI is InChI=1S/C12H16N4O5/c17-11(15-19)5-6-13-7-8-14-12(18)9-1-3-10(4-2-9)16(20)21/h1-4,13,19H,5-8H2,(H,14,18)(H,15,17). The minimum absolute atomic E-state index is 0.0737. The van der Waals surface area contributed by atoms with Gasteiger partial charge in [-0.3, -0.25) is 24.9 Å². The van der Waals surface area contributed by atoms with E-state index in [2.05, 4.69) is 10.6 Å². The number of nitrogens with zero attached hydrogens (tertiary/aromatic N) is 1. The fourth-order valence-corrected chi connectivity index (χ4v) is 1.48. The fourth-order valence-electron chi connectivity index (χ4n) is 1.48. The first kappa shape index (κ1) is 16.5. The normalized spacial score (nSPS) is 9.95. The Balaban J connectivity index is 2.24. The van der Waals surface area contributed by atoms with Crippen molar-refractivity contribution in [3.63, 3.8) is 0 Å². The number of nitrogens with one attached hydrogen (secondary N) is 3. The molecule has 0 aliphatic rings. The minimum Gasteiger partial charge on any atom is -0.351 e. The predicted molar refractivity (Wildman–Crippen MR) is 72.8 cm³/mol. The number of hydroxylamine groups is 1. The Hall–Kier alpha value is -2.52. The first-order valence-electron chi connectivity index (χ1n) is 6.21. The Kier molecular flexibility index (Phi) is 6.78. The largest absolute Gasteiger partial charge is 0.351 e. The third kappa shape index (κ3) is 5.97. The number of rotatable bonds is 8. The van der Waals surface area contributed by atoms with E-state index in [-0.39, 0.29) is 18.0 Å². The van der Waals surface area contributed by atoms with Crippen LogP contribution < -0.4 is 16.1 Å².